The summed E-state index contributed by atoms with van der Waals surface area (Å²) in [5.41, 5.74) is 1.72. The number of fused-ring (bicyclic) bond motifs is 1. The summed E-state index contributed by atoms with van der Waals surface area (Å²) in [6.45, 7) is 0. The first-order chi connectivity index (χ1) is 10.8. The molecule has 0 bridgehead atoms. The number of rotatable bonds is 3. The Bertz CT molecular complexity index is 877. The van der Waals surface area contributed by atoms with E-state index >= 15 is 0 Å². The molecular formula is C15H12Cl2N2O3S. The molecule has 8 heteroatoms. The van der Waals surface area contributed by atoms with E-state index in [2.05, 4.69) is 10.0 Å². The molecule has 0 unspecified atom stereocenters. The van der Waals surface area contributed by atoms with Gasteiger partial charge in [0.2, 0.25) is 5.91 Å². The maximum atomic E-state index is 12.5. The summed E-state index contributed by atoms with van der Waals surface area (Å²) in [6, 6.07) is 9.06. The van der Waals surface area contributed by atoms with Crippen molar-refractivity contribution < 1.29 is 13.2 Å². The zero-order valence-electron chi connectivity index (χ0n) is 11.8. The normalized spacial score (nSPS) is 14.1. The van der Waals surface area contributed by atoms with Gasteiger partial charge in [0.05, 0.1) is 10.6 Å². The van der Waals surface area contributed by atoms with Crippen molar-refractivity contribution in [3.8, 4) is 0 Å². The highest BCUT2D eigenvalue weighted by molar-refractivity contribution is 7.92. The molecule has 1 aliphatic rings. The van der Waals surface area contributed by atoms with Crippen molar-refractivity contribution in [3.63, 3.8) is 0 Å². The molecule has 1 amide bonds. The van der Waals surface area contributed by atoms with Gasteiger partial charge in [0, 0.05) is 22.2 Å². The molecule has 2 aromatic rings. The van der Waals surface area contributed by atoms with Crippen LogP contribution in [0, 0.1) is 0 Å². The van der Waals surface area contributed by atoms with Crippen LogP contribution in [0.15, 0.2) is 41.3 Å². The Hall–Kier alpha value is -1.76. The maximum absolute atomic E-state index is 12.5. The van der Waals surface area contributed by atoms with E-state index in [9.17, 15) is 13.2 Å². The molecule has 1 heterocycles. The van der Waals surface area contributed by atoms with Crippen molar-refractivity contribution >= 4 is 50.5 Å². The predicted molar refractivity (Wildman–Crippen MR) is 90.7 cm³/mol. The predicted octanol–water partition coefficient (Wildman–Crippen LogP) is 3.68. The van der Waals surface area contributed by atoms with Gasteiger partial charge in [-0.05, 0) is 48.4 Å². The number of anilines is 2. The monoisotopic (exact) mass is 370 g/mol. The summed E-state index contributed by atoms with van der Waals surface area (Å²) in [7, 11) is -3.77. The third kappa shape index (κ3) is 3.60. The van der Waals surface area contributed by atoms with Gasteiger partial charge >= 0.3 is 0 Å². The average Bonchev–Trinajstić information content (AvgIpc) is 2.44. The van der Waals surface area contributed by atoms with E-state index in [0.29, 0.717) is 28.6 Å². The molecule has 0 saturated heterocycles. The molecule has 0 radical (unpaired) electrons. The van der Waals surface area contributed by atoms with E-state index in [1.807, 2.05) is 0 Å². The summed E-state index contributed by atoms with van der Waals surface area (Å²) < 4.78 is 27.4. The standard InChI is InChI=1S/C15H12Cl2N2O3S/c16-10-6-11(17)8-12(7-10)19-23(21,22)13-2-3-14-9(5-13)1-4-15(20)18-14/h2-3,5-8,19H,1,4H2,(H,18,20). The number of halogens is 2. The minimum atomic E-state index is -3.77. The molecule has 0 spiro atoms. The minimum Gasteiger partial charge on any atom is -0.326 e. The lowest BCUT2D eigenvalue weighted by Gasteiger charge is -2.18. The number of sulfonamides is 1. The van der Waals surface area contributed by atoms with Crippen LogP contribution >= 0.6 is 23.2 Å². The lowest BCUT2D eigenvalue weighted by atomic mass is 10.0. The third-order valence-corrected chi connectivity index (χ3v) is 5.21. The van der Waals surface area contributed by atoms with Crippen molar-refractivity contribution in [2.75, 3.05) is 10.0 Å². The second-order valence-corrected chi connectivity index (χ2v) is 7.69. The fraction of sp³-hybridized carbons (Fsp3) is 0.133. The summed E-state index contributed by atoms with van der Waals surface area (Å²) >= 11 is 11.7. The third-order valence-electron chi connectivity index (χ3n) is 3.40. The Kier molecular flexibility index (Phi) is 4.23. The van der Waals surface area contributed by atoms with Crippen LogP contribution in [0.4, 0.5) is 11.4 Å². The Labute approximate surface area is 143 Å². The molecule has 2 aromatic carbocycles. The van der Waals surface area contributed by atoms with Crippen LogP contribution in [0.25, 0.3) is 0 Å². The Balaban J connectivity index is 1.92. The molecule has 0 atom stereocenters. The Morgan fingerprint density at radius 1 is 1.00 bits per heavy atom. The first-order valence-corrected chi connectivity index (χ1v) is 8.99. The summed E-state index contributed by atoms with van der Waals surface area (Å²) in [5, 5.41) is 3.39. The number of carbonyl (C=O) groups is 1. The molecule has 0 aliphatic carbocycles. The van der Waals surface area contributed by atoms with Crippen LogP contribution in [0.5, 0.6) is 0 Å². The van der Waals surface area contributed by atoms with Gasteiger partial charge in [-0.2, -0.15) is 0 Å². The van der Waals surface area contributed by atoms with Crippen LogP contribution in [-0.2, 0) is 21.2 Å². The highest BCUT2D eigenvalue weighted by Gasteiger charge is 2.20. The number of amides is 1. The molecule has 1 aliphatic heterocycles. The van der Waals surface area contributed by atoms with Gasteiger partial charge in [-0.1, -0.05) is 23.2 Å². The zero-order valence-corrected chi connectivity index (χ0v) is 14.1. The minimum absolute atomic E-state index is 0.0696. The van der Waals surface area contributed by atoms with E-state index in [4.69, 9.17) is 23.2 Å². The van der Waals surface area contributed by atoms with Crippen LogP contribution < -0.4 is 10.0 Å². The Morgan fingerprint density at radius 2 is 1.70 bits per heavy atom. The van der Waals surface area contributed by atoms with Crippen molar-refractivity contribution in [1.82, 2.24) is 0 Å². The van der Waals surface area contributed by atoms with Crippen molar-refractivity contribution in [1.29, 1.82) is 0 Å². The van der Waals surface area contributed by atoms with E-state index < -0.39 is 10.0 Å². The first-order valence-electron chi connectivity index (χ1n) is 6.75. The zero-order chi connectivity index (χ0) is 16.6. The van der Waals surface area contributed by atoms with Gasteiger partial charge in [0.1, 0.15) is 0 Å². The summed E-state index contributed by atoms with van der Waals surface area (Å²) in [5.74, 6) is -0.0696. The topological polar surface area (TPSA) is 75.3 Å². The molecule has 2 N–H and O–H groups in total. The van der Waals surface area contributed by atoms with Gasteiger partial charge in [-0.3, -0.25) is 9.52 Å². The van der Waals surface area contributed by atoms with E-state index in [1.54, 1.807) is 12.1 Å². The van der Waals surface area contributed by atoms with Crippen molar-refractivity contribution in [2.45, 2.75) is 17.7 Å². The highest BCUT2D eigenvalue weighted by atomic mass is 35.5. The number of carbonyl (C=O) groups excluding carboxylic acids is 1. The number of hydrogen-bond donors (Lipinski definition) is 2. The maximum Gasteiger partial charge on any atom is 0.261 e. The lowest BCUT2D eigenvalue weighted by Crippen LogP contribution is -2.20. The van der Waals surface area contributed by atoms with Crippen LogP contribution in [0.2, 0.25) is 10.0 Å². The van der Waals surface area contributed by atoms with Crippen LogP contribution in [0.1, 0.15) is 12.0 Å². The molecule has 120 valence electrons. The second-order valence-electron chi connectivity index (χ2n) is 5.13. The van der Waals surface area contributed by atoms with Gasteiger partial charge in [0.15, 0.2) is 0 Å². The number of aryl methyl sites for hydroxylation is 1. The van der Waals surface area contributed by atoms with Gasteiger partial charge in [0.25, 0.3) is 10.0 Å². The first kappa shape index (κ1) is 16.1. The van der Waals surface area contributed by atoms with Crippen LogP contribution in [-0.4, -0.2) is 14.3 Å². The fourth-order valence-electron chi connectivity index (χ4n) is 2.35. The quantitative estimate of drug-likeness (QED) is 0.864. The SMILES string of the molecule is O=C1CCc2cc(S(=O)(=O)Nc3cc(Cl)cc(Cl)c3)ccc2N1. The lowest BCUT2D eigenvalue weighted by molar-refractivity contribution is -0.116. The molecular weight excluding hydrogens is 359 g/mol. The molecule has 23 heavy (non-hydrogen) atoms. The van der Waals surface area contributed by atoms with E-state index in [-0.39, 0.29) is 16.5 Å². The van der Waals surface area contributed by atoms with Gasteiger partial charge in [-0.25, -0.2) is 8.42 Å². The smallest absolute Gasteiger partial charge is 0.261 e. The molecule has 3 rings (SSSR count). The van der Waals surface area contributed by atoms with Gasteiger partial charge in [-0.15, -0.1) is 0 Å². The Morgan fingerprint density at radius 3 is 2.39 bits per heavy atom. The number of hydrogen-bond acceptors (Lipinski definition) is 3. The molecule has 0 aromatic heterocycles. The number of nitrogens with one attached hydrogen (secondary N) is 2. The average molecular weight is 371 g/mol. The van der Waals surface area contributed by atoms with Crippen LogP contribution in [0.3, 0.4) is 0 Å². The second kappa shape index (κ2) is 6.03. The molecule has 0 saturated carbocycles. The molecule has 0 fully saturated rings. The molecule has 5 nitrogen and oxygen atoms in total. The summed E-state index contributed by atoms with van der Waals surface area (Å²) in [4.78, 5) is 11.5. The number of benzene rings is 2. The van der Waals surface area contributed by atoms with Crippen molar-refractivity contribution in [2.24, 2.45) is 0 Å². The van der Waals surface area contributed by atoms with Gasteiger partial charge < -0.3 is 5.32 Å². The summed E-state index contributed by atoms with van der Waals surface area (Å²) in [6.07, 6.45) is 0.849. The van der Waals surface area contributed by atoms with E-state index in [1.165, 1.54) is 24.3 Å². The largest absolute Gasteiger partial charge is 0.326 e. The van der Waals surface area contributed by atoms with Crippen molar-refractivity contribution in [3.05, 3.63) is 52.0 Å². The fourth-order valence-corrected chi connectivity index (χ4v) is 3.97. The van der Waals surface area contributed by atoms with E-state index in [0.717, 1.165) is 5.56 Å². The highest BCUT2D eigenvalue weighted by Crippen LogP contribution is 2.28.